The molecule has 3 amide bonds. The van der Waals surface area contributed by atoms with E-state index in [1.165, 1.54) is 0 Å². The first kappa shape index (κ1) is 16.1. The first-order valence-corrected chi connectivity index (χ1v) is 9.18. The van der Waals surface area contributed by atoms with Crippen LogP contribution in [0.25, 0.3) is 0 Å². The van der Waals surface area contributed by atoms with E-state index < -0.39 is 6.04 Å². The topological polar surface area (TPSA) is 69.7 Å². The van der Waals surface area contributed by atoms with Gasteiger partial charge in [-0.1, -0.05) is 12.8 Å². The average Bonchev–Trinajstić information content (AvgIpc) is 3.25. The summed E-state index contributed by atoms with van der Waals surface area (Å²) in [5.41, 5.74) is 1.95. The number of carbonyl (C=O) groups is 3. The lowest BCUT2D eigenvalue weighted by atomic mass is 10.0. The number of benzene rings is 1. The summed E-state index contributed by atoms with van der Waals surface area (Å²) in [6, 6.07) is 5.18. The summed E-state index contributed by atoms with van der Waals surface area (Å²) in [4.78, 5) is 40.8. The molecule has 4 rings (SSSR count). The number of anilines is 2. The maximum Gasteiger partial charge on any atom is 0.251 e. The number of fused-ring (bicyclic) bond motifs is 3. The zero-order valence-electron chi connectivity index (χ0n) is 14.5. The van der Waals surface area contributed by atoms with Crippen LogP contribution in [0.5, 0.6) is 0 Å². The highest BCUT2D eigenvalue weighted by Gasteiger charge is 2.44. The largest absolute Gasteiger partial charge is 0.349 e. The Kier molecular flexibility index (Phi) is 3.98. The lowest BCUT2D eigenvalue weighted by Gasteiger charge is -2.38. The fourth-order valence-corrected chi connectivity index (χ4v) is 4.27. The van der Waals surface area contributed by atoms with Crippen molar-refractivity contribution in [3.05, 3.63) is 23.8 Å². The SMILES string of the molecule is CCN1C(=O)[C@@H]2CCC(=O)N2c2ccc(C(=O)NC3CCCC3)cc21. The quantitative estimate of drug-likeness (QED) is 0.916. The lowest BCUT2D eigenvalue weighted by Crippen LogP contribution is -2.51. The van der Waals surface area contributed by atoms with Crippen LogP contribution >= 0.6 is 0 Å². The van der Waals surface area contributed by atoms with Crippen LogP contribution in [0.3, 0.4) is 0 Å². The Bertz CT molecular complexity index is 739. The van der Waals surface area contributed by atoms with E-state index in [0.717, 1.165) is 31.4 Å². The van der Waals surface area contributed by atoms with E-state index in [-0.39, 0.29) is 23.8 Å². The summed E-state index contributed by atoms with van der Waals surface area (Å²) in [5, 5.41) is 3.08. The van der Waals surface area contributed by atoms with Crippen molar-refractivity contribution in [2.24, 2.45) is 0 Å². The number of hydrogen-bond donors (Lipinski definition) is 1. The summed E-state index contributed by atoms with van der Waals surface area (Å²) in [6.45, 7) is 2.44. The number of nitrogens with zero attached hydrogens (tertiary/aromatic N) is 2. The van der Waals surface area contributed by atoms with Crippen molar-refractivity contribution in [2.45, 2.75) is 57.5 Å². The molecular formula is C19H23N3O3. The summed E-state index contributed by atoms with van der Waals surface area (Å²) in [7, 11) is 0. The minimum atomic E-state index is -0.391. The standard InChI is InChI=1S/C19H23N3O3/c1-2-21-16-11-12(18(24)20-13-5-3-4-6-13)7-8-14(16)22-15(19(21)25)9-10-17(22)23/h7-8,11,13,15H,2-6,9-10H2,1H3,(H,20,24)/t15-/m0/s1. The summed E-state index contributed by atoms with van der Waals surface area (Å²) < 4.78 is 0. The minimum absolute atomic E-state index is 0.0153. The molecule has 1 aromatic rings. The highest BCUT2D eigenvalue weighted by molar-refractivity contribution is 6.15. The molecule has 6 nitrogen and oxygen atoms in total. The Morgan fingerprint density at radius 2 is 1.92 bits per heavy atom. The van der Waals surface area contributed by atoms with Crippen LogP contribution in [-0.2, 0) is 9.59 Å². The lowest BCUT2D eigenvalue weighted by molar-refractivity contribution is -0.122. The molecule has 0 spiro atoms. The maximum atomic E-state index is 12.7. The molecule has 0 aromatic heterocycles. The highest BCUT2D eigenvalue weighted by atomic mass is 16.2. The molecule has 2 heterocycles. The van der Waals surface area contributed by atoms with Gasteiger partial charge in [-0.3, -0.25) is 19.3 Å². The van der Waals surface area contributed by atoms with Gasteiger partial charge in [0.2, 0.25) is 11.8 Å². The number of carbonyl (C=O) groups excluding carboxylic acids is 3. The third-order valence-corrected chi connectivity index (χ3v) is 5.56. The molecule has 1 saturated heterocycles. The maximum absolute atomic E-state index is 12.7. The van der Waals surface area contributed by atoms with E-state index >= 15 is 0 Å². The van der Waals surface area contributed by atoms with E-state index in [1.807, 2.05) is 13.0 Å². The molecule has 2 fully saturated rings. The Morgan fingerprint density at radius 3 is 2.64 bits per heavy atom. The van der Waals surface area contributed by atoms with Crippen LogP contribution in [0.2, 0.25) is 0 Å². The van der Waals surface area contributed by atoms with Gasteiger partial charge in [0.1, 0.15) is 6.04 Å². The first-order valence-electron chi connectivity index (χ1n) is 9.18. The molecule has 1 saturated carbocycles. The second-order valence-corrected chi connectivity index (χ2v) is 7.06. The van der Waals surface area contributed by atoms with E-state index in [0.29, 0.717) is 30.6 Å². The van der Waals surface area contributed by atoms with Crippen molar-refractivity contribution >= 4 is 29.1 Å². The average molecular weight is 341 g/mol. The van der Waals surface area contributed by atoms with Crippen molar-refractivity contribution in [2.75, 3.05) is 16.3 Å². The Morgan fingerprint density at radius 1 is 1.16 bits per heavy atom. The molecule has 0 unspecified atom stereocenters. The van der Waals surface area contributed by atoms with Gasteiger partial charge >= 0.3 is 0 Å². The Hall–Kier alpha value is -2.37. The predicted molar refractivity (Wildman–Crippen MR) is 94.7 cm³/mol. The van der Waals surface area contributed by atoms with Gasteiger partial charge in [0.15, 0.2) is 0 Å². The van der Waals surface area contributed by atoms with Gasteiger partial charge in [0, 0.05) is 24.6 Å². The molecule has 6 heteroatoms. The van der Waals surface area contributed by atoms with E-state index in [2.05, 4.69) is 5.32 Å². The smallest absolute Gasteiger partial charge is 0.251 e. The van der Waals surface area contributed by atoms with Crippen molar-refractivity contribution in [1.29, 1.82) is 0 Å². The highest BCUT2D eigenvalue weighted by Crippen LogP contribution is 2.41. The Labute approximate surface area is 147 Å². The zero-order chi connectivity index (χ0) is 17.6. The van der Waals surface area contributed by atoms with Gasteiger partial charge in [0.25, 0.3) is 5.91 Å². The first-order chi connectivity index (χ1) is 12.1. The van der Waals surface area contributed by atoms with Crippen molar-refractivity contribution in [3.63, 3.8) is 0 Å². The number of likely N-dealkylation sites (N-methyl/N-ethyl adjacent to an activating group) is 1. The minimum Gasteiger partial charge on any atom is -0.349 e. The molecule has 0 radical (unpaired) electrons. The van der Waals surface area contributed by atoms with Crippen LogP contribution in [0.1, 0.15) is 55.8 Å². The normalized spacial score (nSPS) is 23.0. The van der Waals surface area contributed by atoms with Crippen LogP contribution in [0.4, 0.5) is 11.4 Å². The number of rotatable bonds is 3. The van der Waals surface area contributed by atoms with E-state index in [9.17, 15) is 14.4 Å². The molecule has 0 bridgehead atoms. The summed E-state index contributed by atoms with van der Waals surface area (Å²) in [5.74, 6) is -0.166. The molecular weight excluding hydrogens is 318 g/mol. The van der Waals surface area contributed by atoms with Gasteiger partial charge in [-0.15, -0.1) is 0 Å². The summed E-state index contributed by atoms with van der Waals surface area (Å²) >= 11 is 0. The fraction of sp³-hybridized carbons (Fsp3) is 0.526. The third kappa shape index (κ3) is 2.60. The van der Waals surface area contributed by atoms with E-state index in [1.54, 1.807) is 21.9 Å². The molecule has 2 aliphatic heterocycles. The Balaban J connectivity index is 1.68. The van der Waals surface area contributed by atoms with Gasteiger partial charge in [-0.2, -0.15) is 0 Å². The number of hydrogen-bond acceptors (Lipinski definition) is 3. The summed E-state index contributed by atoms with van der Waals surface area (Å²) in [6.07, 6.45) is 5.34. The van der Waals surface area contributed by atoms with Crippen LogP contribution < -0.4 is 15.1 Å². The van der Waals surface area contributed by atoms with Crippen molar-refractivity contribution in [1.82, 2.24) is 5.32 Å². The van der Waals surface area contributed by atoms with Gasteiger partial charge in [-0.05, 0) is 44.4 Å². The molecule has 1 N–H and O–H groups in total. The number of nitrogens with one attached hydrogen (secondary N) is 1. The van der Waals surface area contributed by atoms with Gasteiger partial charge < -0.3 is 10.2 Å². The molecule has 1 aliphatic carbocycles. The zero-order valence-corrected chi connectivity index (χ0v) is 14.5. The van der Waals surface area contributed by atoms with Crippen LogP contribution in [-0.4, -0.2) is 36.3 Å². The molecule has 132 valence electrons. The van der Waals surface area contributed by atoms with Gasteiger partial charge in [-0.25, -0.2) is 0 Å². The monoisotopic (exact) mass is 341 g/mol. The molecule has 3 aliphatic rings. The van der Waals surface area contributed by atoms with Crippen molar-refractivity contribution < 1.29 is 14.4 Å². The van der Waals surface area contributed by atoms with Gasteiger partial charge in [0.05, 0.1) is 11.4 Å². The van der Waals surface area contributed by atoms with Crippen LogP contribution in [0, 0.1) is 0 Å². The second-order valence-electron chi connectivity index (χ2n) is 7.06. The molecule has 25 heavy (non-hydrogen) atoms. The second kappa shape index (κ2) is 6.17. The third-order valence-electron chi connectivity index (χ3n) is 5.56. The number of amides is 3. The molecule has 1 atom stereocenters. The van der Waals surface area contributed by atoms with Crippen LogP contribution in [0.15, 0.2) is 18.2 Å². The molecule has 1 aromatic carbocycles. The fourth-order valence-electron chi connectivity index (χ4n) is 4.27. The van der Waals surface area contributed by atoms with Crippen molar-refractivity contribution in [3.8, 4) is 0 Å². The van der Waals surface area contributed by atoms with E-state index in [4.69, 9.17) is 0 Å². The predicted octanol–water partition coefficient (Wildman–Crippen LogP) is 2.22.